The summed E-state index contributed by atoms with van der Waals surface area (Å²) >= 11 is 1.56. The molecule has 0 spiro atoms. The molecule has 0 bridgehead atoms. The molecule has 0 aromatic heterocycles. The highest BCUT2D eigenvalue weighted by molar-refractivity contribution is 8.06. The van der Waals surface area contributed by atoms with E-state index in [1.807, 2.05) is 6.07 Å². The van der Waals surface area contributed by atoms with Crippen molar-refractivity contribution in [3.8, 4) is 0 Å². The number of benzene rings is 1. The smallest absolute Gasteiger partial charge is 0.0538 e. The minimum Gasteiger partial charge on any atom is -0.299 e. The van der Waals surface area contributed by atoms with Crippen molar-refractivity contribution in [2.45, 2.75) is 32.6 Å². The molecular formula is C13H19N3S. The Morgan fingerprint density at radius 3 is 2.71 bits per heavy atom. The monoisotopic (exact) mass is 249 g/mol. The Balaban J connectivity index is 2.12. The zero-order chi connectivity index (χ0) is 12.1. The lowest BCUT2D eigenvalue weighted by Gasteiger charge is -2.08. The fraction of sp³-hybridized carbons (Fsp3) is 0.385. The number of nitrogens with zero attached hydrogens (tertiary/aromatic N) is 1. The first-order valence-corrected chi connectivity index (χ1v) is 6.86. The highest BCUT2D eigenvalue weighted by atomic mass is 32.2. The summed E-state index contributed by atoms with van der Waals surface area (Å²) in [5.41, 5.74) is 5.70. The molecular weight excluding hydrogens is 230 g/mol. The number of nitrogens with one attached hydrogen (secondary N) is 1. The summed E-state index contributed by atoms with van der Waals surface area (Å²) in [6.45, 7) is 2.22. The van der Waals surface area contributed by atoms with E-state index in [9.17, 15) is 0 Å². The summed E-state index contributed by atoms with van der Waals surface area (Å²) < 4.78 is 1.59. The van der Waals surface area contributed by atoms with Gasteiger partial charge in [-0.25, -0.2) is 5.84 Å². The average Bonchev–Trinajstić information content (AvgIpc) is 2.72. The largest absolute Gasteiger partial charge is 0.299 e. The van der Waals surface area contributed by atoms with E-state index in [2.05, 4.69) is 36.6 Å². The minimum atomic E-state index is 1.07. The topological polar surface area (TPSA) is 41.3 Å². The van der Waals surface area contributed by atoms with Crippen LogP contribution in [-0.4, -0.2) is 4.52 Å². The third-order valence-corrected chi connectivity index (χ3v) is 3.73. The van der Waals surface area contributed by atoms with E-state index in [4.69, 9.17) is 5.84 Å². The molecule has 0 aliphatic carbocycles. The molecule has 1 aliphatic heterocycles. The van der Waals surface area contributed by atoms with Crippen molar-refractivity contribution in [2.24, 2.45) is 5.84 Å². The molecule has 92 valence electrons. The Morgan fingerprint density at radius 1 is 1.24 bits per heavy atom. The van der Waals surface area contributed by atoms with Crippen LogP contribution in [0.1, 0.15) is 38.2 Å². The van der Waals surface area contributed by atoms with Crippen molar-refractivity contribution in [3.05, 3.63) is 41.6 Å². The van der Waals surface area contributed by atoms with E-state index in [1.54, 1.807) is 16.5 Å². The SMILES string of the molecule is CCCCCC1=C(c2ccccc2)SN(N)N1. The first-order chi connectivity index (χ1) is 8.31. The molecule has 1 aromatic rings. The summed E-state index contributed by atoms with van der Waals surface area (Å²) in [6, 6.07) is 10.4. The van der Waals surface area contributed by atoms with E-state index in [1.165, 1.54) is 35.4 Å². The van der Waals surface area contributed by atoms with E-state index >= 15 is 0 Å². The van der Waals surface area contributed by atoms with Crippen LogP contribution in [0.3, 0.4) is 0 Å². The van der Waals surface area contributed by atoms with Crippen LogP contribution in [0.4, 0.5) is 0 Å². The third kappa shape index (κ3) is 3.25. The highest BCUT2D eigenvalue weighted by Crippen LogP contribution is 2.37. The fourth-order valence-corrected chi connectivity index (χ4v) is 2.75. The van der Waals surface area contributed by atoms with Crippen molar-refractivity contribution >= 4 is 16.9 Å². The van der Waals surface area contributed by atoms with Crippen molar-refractivity contribution in [3.63, 3.8) is 0 Å². The number of hydrogen-bond acceptors (Lipinski definition) is 4. The van der Waals surface area contributed by atoms with E-state index in [0.717, 1.165) is 6.42 Å². The van der Waals surface area contributed by atoms with Crippen LogP contribution in [0.15, 0.2) is 36.0 Å². The molecule has 0 saturated heterocycles. The molecule has 0 atom stereocenters. The zero-order valence-corrected chi connectivity index (χ0v) is 11.0. The molecule has 0 amide bonds. The molecule has 3 N–H and O–H groups in total. The predicted molar refractivity (Wildman–Crippen MR) is 74.3 cm³/mol. The van der Waals surface area contributed by atoms with Crippen molar-refractivity contribution in [2.75, 3.05) is 0 Å². The maximum atomic E-state index is 5.80. The second-order valence-electron chi connectivity index (χ2n) is 4.16. The second-order valence-corrected chi connectivity index (χ2v) is 5.14. The van der Waals surface area contributed by atoms with Gasteiger partial charge in [-0.3, -0.25) is 5.43 Å². The van der Waals surface area contributed by atoms with Crippen molar-refractivity contribution in [1.29, 1.82) is 0 Å². The Hall–Kier alpha value is -0.970. The van der Waals surface area contributed by atoms with Gasteiger partial charge in [0, 0.05) is 5.70 Å². The number of hydrogen-bond donors (Lipinski definition) is 2. The average molecular weight is 249 g/mol. The van der Waals surface area contributed by atoms with Gasteiger partial charge < -0.3 is 0 Å². The van der Waals surface area contributed by atoms with E-state index < -0.39 is 0 Å². The van der Waals surface area contributed by atoms with Gasteiger partial charge >= 0.3 is 0 Å². The molecule has 0 unspecified atom stereocenters. The summed E-state index contributed by atoms with van der Waals surface area (Å²) in [4.78, 5) is 1.25. The van der Waals surface area contributed by atoms with Crippen LogP contribution in [-0.2, 0) is 0 Å². The maximum Gasteiger partial charge on any atom is 0.0538 e. The van der Waals surface area contributed by atoms with Crippen LogP contribution >= 0.6 is 11.9 Å². The highest BCUT2D eigenvalue weighted by Gasteiger charge is 2.20. The Morgan fingerprint density at radius 2 is 2.00 bits per heavy atom. The summed E-state index contributed by atoms with van der Waals surface area (Å²) in [7, 11) is 0. The van der Waals surface area contributed by atoms with Crippen LogP contribution in [0.5, 0.6) is 0 Å². The van der Waals surface area contributed by atoms with Gasteiger partial charge in [-0.1, -0.05) is 54.6 Å². The quantitative estimate of drug-likeness (QED) is 0.477. The van der Waals surface area contributed by atoms with Gasteiger partial charge in [-0.15, -0.1) is 0 Å². The van der Waals surface area contributed by atoms with Gasteiger partial charge in [0.15, 0.2) is 0 Å². The molecule has 4 heteroatoms. The van der Waals surface area contributed by atoms with E-state index in [0.29, 0.717) is 0 Å². The van der Waals surface area contributed by atoms with Gasteiger partial charge in [-0.05, 0) is 30.4 Å². The second kappa shape index (κ2) is 6.10. The third-order valence-electron chi connectivity index (χ3n) is 2.78. The minimum absolute atomic E-state index is 1.07. The van der Waals surface area contributed by atoms with Crippen LogP contribution in [0.2, 0.25) is 0 Å². The molecule has 2 rings (SSSR count). The summed E-state index contributed by atoms with van der Waals surface area (Å²) in [5, 5.41) is 0. The lowest BCUT2D eigenvalue weighted by molar-refractivity contribution is 0.412. The number of nitrogens with two attached hydrogens (primary N) is 1. The van der Waals surface area contributed by atoms with Gasteiger partial charge in [-0.2, -0.15) is 0 Å². The molecule has 0 fully saturated rings. The maximum absolute atomic E-state index is 5.80. The number of unbranched alkanes of at least 4 members (excludes halogenated alkanes) is 2. The lowest BCUT2D eigenvalue weighted by Crippen LogP contribution is -2.32. The van der Waals surface area contributed by atoms with Crippen molar-refractivity contribution < 1.29 is 0 Å². The molecule has 0 radical (unpaired) electrons. The standard InChI is InChI=1S/C13H19N3S/c1-2-3-5-10-12-13(17-16(14)15-12)11-8-6-4-7-9-11/h4,6-9,15H,2-3,5,10,14H2,1H3. The summed E-state index contributed by atoms with van der Waals surface area (Å²) in [5.74, 6) is 5.80. The van der Waals surface area contributed by atoms with Gasteiger partial charge in [0.25, 0.3) is 0 Å². The summed E-state index contributed by atoms with van der Waals surface area (Å²) in [6.07, 6.45) is 4.79. The molecule has 3 nitrogen and oxygen atoms in total. The van der Waals surface area contributed by atoms with Crippen LogP contribution in [0, 0.1) is 0 Å². The zero-order valence-electron chi connectivity index (χ0n) is 10.1. The number of rotatable bonds is 5. The lowest BCUT2D eigenvalue weighted by atomic mass is 10.1. The predicted octanol–water partition coefficient (Wildman–Crippen LogP) is 3.28. The molecule has 1 heterocycles. The molecule has 1 aliphatic rings. The normalized spacial score (nSPS) is 16.4. The molecule has 0 saturated carbocycles. The van der Waals surface area contributed by atoms with Gasteiger partial charge in [0.2, 0.25) is 0 Å². The Kier molecular flexibility index (Phi) is 4.48. The van der Waals surface area contributed by atoms with Crippen LogP contribution in [0.25, 0.3) is 4.91 Å². The molecule has 1 aromatic carbocycles. The van der Waals surface area contributed by atoms with Crippen molar-refractivity contribution in [1.82, 2.24) is 9.95 Å². The fourth-order valence-electron chi connectivity index (χ4n) is 1.90. The Labute approximate surface area is 107 Å². The number of hydrazine groups is 2. The molecule has 17 heavy (non-hydrogen) atoms. The van der Waals surface area contributed by atoms with Gasteiger partial charge in [0.05, 0.1) is 4.91 Å². The first kappa shape index (κ1) is 12.5. The Bertz CT molecular complexity index is 389. The van der Waals surface area contributed by atoms with Crippen LogP contribution < -0.4 is 11.3 Å². The van der Waals surface area contributed by atoms with E-state index in [-0.39, 0.29) is 0 Å². The first-order valence-electron chi connectivity index (χ1n) is 6.09. The van der Waals surface area contributed by atoms with Gasteiger partial charge in [0.1, 0.15) is 0 Å². The number of allylic oxidation sites excluding steroid dienone is 1.